The molecule has 0 aromatic rings. The molecule has 3 N–H and O–H groups in total. The average Bonchev–Trinajstić information content (AvgIpc) is 2.71. The molecular weight excluding hydrogens is 200 g/mol. The fourth-order valence-electron chi connectivity index (χ4n) is 2.28. The summed E-state index contributed by atoms with van der Waals surface area (Å²) in [6.07, 6.45) is 1.69. The Morgan fingerprint density at radius 2 is 2.43 bits per heavy atom. The Bertz CT molecular complexity index is 241. The highest BCUT2D eigenvalue weighted by molar-refractivity contribution is 7.99. The second-order valence-electron chi connectivity index (χ2n) is 4.13. The van der Waals surface area contributed by atoms with E-state index >= 15 is 0 Å². The van der Waals surface area contributed by atoms with Gasteiger partial charge in [0.05, 0.1) is 0 Å². The number of nitrogens with zero attached hydrogens (tertiary/aromatic N) is 1. The number of carboxylic acids is 1. The van der Waals surface area contributed by atoms with Crippen LogP contribution in [0.2, 0.25) is 0 Å². The van der Waals surface area contributed by atoms with Crippen molar-refractivity contribution in [3.05, 3.63) is 0 Å². The van der Waals surface area contributed by atoms with Crippen LogP contribution in [-0.2, 0) is 4.79 Å². The highest BCUT2D eigenvalue weighted by Gasteiger charge is 2.48. The fourth-order valence-corrected chi connectivity index (χ4v) is 3.70. The first-order valence-electron chi connectivity index (χ1n) is 4.97. The molecule has 5 heteroatoms. The third-order valence-corrected chi connectivity index (χ3v) is 4.40. The Labute approximate surface area is 87.8 Å². The number of hydrogen-bond acceptors (Lipinski definition) is 4. The molecule has 0 radical (unpaired) electrons. The molecule has 4 nitrogen and oxygen atoms in total. The van der Waals surface area contributed by atoms with Crippen molar-refractivity contribution >= 4 is 17.7 Å². The Morgan fingerprint density at radius 1 is 1.64 bits per heavy atom. The van der Waals surface area contributed by atoms with Crippen molar-refractivity contribution in [1.29, 1.82) is 0 Å². The SMILES string of the molecule is NC1CCN(C2(C(=O)O)CCSC2)C1. The molecule has 14 heavy (non-hydrogen) atoms. The lowest BCUT2D eigenvalue weighted by Crippen LogP contribution is -2.54. The Morgan fingerprint density at radius 3 is 2.86 bits per heavy atom. The van der Waals surface area contributed by atoms with Crippen molar-refractivity contribution in [3.8, 4) is 0 Å². The normalized spacial score (nSPS) is 39.1. The van der Waals surface area contributed by atoms with E-state index in [9.17, 15) is 9.90 Å². The van der Waals surface area contributed by atoms with Gasteiger partial charge < -0.3 is 10.8 Å². The summed E-state index contributed by atoms with van der Waals surface area (Å²) >= 11 is 1.73. The van der Waals surface area contributed by atoms with Gasteiger partial charge in [0, 0.05) is 24.9 Å². The molecule has 0 aromatic heterocycles. The number of nitrogens with two attached hydrogens (primary N) is 1. The smallest absolute Gasteiger partial charge is 0.325 e. The molecule has 2 rings (SSSR count). The van der Waals surface area contributed by atoms with Gasteiger partial charge in [0.1, 0.15) is 5.54 Å². The number of rotatable bonds is 2. The molecular formula is C9H16N2O2S. The van der Waals surface area contributed by atoms with Gasteiger partial charge in [-0.15, -0.1) is 0 Å². The maximum atomic E-state index is 11.3. The predicted octanol–water partition coefficient (Wildman–Crippen LogP) is -0.0203. The van der Waals surface area contributed by atoms with Crippen molar-refractivity contribution in [2.24, 2.45) is 5.73 Å². The number of carboxylic acid groups (broad SMARTS) is 1. The van der Waals surface area contributed by atoms with Gasteiger partial charge in [-0.1, -0.05) is 0 Å². The van der Waals surface area contributed by atoms with Crippen molar-refractivity contribution < 1.29 is 9.90 Å². The van der Waals surface area contributed by atoms with E-state index < -0.39 is 11.5 Å². The van der Waals surface area contributed by atoms with Gasteiger partial charge in [0.2, 0.25) is 0 Å². The van der Waals surface area contributed by atoms with Crippen LogP contribution in [-0.4, -0.2) is 52.2 Å². The van der Waals surface area contributed by atoms with Gasteiger partial charge >= 0.3 is 5.97 Å². The van der Waals surface area contributed by atoms with Crippen LogP contribution in [0, 0.1) is 0 Å². The second-order valence-corrected chi connectivity index (χ2v) is 5.24. The minimum Gasteiger partial charge on any atom is -0.480 e. The van der Waals surface area contributed by atoms with Gasteiger partial charge in [-0.05, 0) is 18.6 Å². The molecule has 80 valence electrons. The summed E-state index contributed by atoms with van der Waals surface area (Å²) < 4.78 is 0. The second kappa shape index (κ2) is 3.72. The number of likely N-dealkylation sites (tertiary alicyclic amines) is 1. The standard InChI is InChI=1S/C9H16N2O2S/c10-7-1-3-11(5-7)9(8(12)13)2-4-14-6-9/h7H,1-6,10H2,(H,12,13). The first kappa shape index (κ1) is 10.3. The summed E-state index contributed by atoms with van der Waals surface area (Å²) in [5.41, 5.74) is 5.20. The lowest BCUT2D eigenvalue weighted by Gasteiger charge is -2.33. The van der Waals surface area contributed by atoms with Crippen LogP contribution in [0.5, 0.6) is 0 Å². The maximum Gasteiger partial charge on any atom is 0.325 e. The molecule has 0 amide bonds. The molecule has 0 aromatic carbocycles. The first-order chi connectivity index (χ1) is 6.65. The largest absolute Gasteiger partial charge is 0.480 e. The monoisotopic (exact) mass is 216 g/mol. The lowest BCUT2D eigenvalue weighted by atomic mass is 9.97. The topological polar surface area (TPSA) is 66.6 Å². The van der Waals surface area contributed by atoms with Crippen LogP contribution in [0.25, 0.3) is 0 Å². The summed E-state index contributed by atoms with van der Waals surface area (Å²) in [6, 6.07) is 0.164. The first-order valence-corrected chi connectivity index (χ1v) is 6.12. The van der Waals surface area contributed by atoms with E-state index in [4.69, 9.17) is 5.73 Å². The van der Waals surface area contributed by atoms with Gasteiger partial charge in [0.15, 0.2) is 0 Å². The molecule has 2 fully saturated rings. The van der Waals surface area contributed by atoms with Crippen LogP contribution >= 0.6 is 11.8 Å². The molecule has 2 unspecified atom stereocenters. The van der Waals surface area contributed by atoms with E-state index in [0.717, 1.165) is 37.4 Å². The number of thioether (sulfide) groups is 1. The van der Waals surface area contributed by atoms with Crippen LogP contribution in [0.4, 0.5) is 0 Å². The summed E-state index contributed by atoms with van der Waals surface area (Å²) in [5, 5.41) is 9.31. The van der Waals surface area contributed by atoms with E-state index in [0.29, 0.717) is 0 Å². The summed E-state index contributed by atoms with van der Waals surface area (Å²) in [5.74, 6) is 1.00. The molecule has 0 saturated carbocycles. The van der Waals surface area contributed by atoms with Crippen molar-refractivity contribution in [2.75, 3.05) is 24.6 Å². The molecule has 0 spiro atoms. The predicted molar refractivity (Wildman–Crippen MR) is 56.5 cm³/mol. The Balaban J connectivity index is 2.14. The van der Waals surface area contributed by atoms with Gasteiger partial charge in [-0.25, -0.2) is 0 Å². The summed E-state index contributed by atoms with van der Waals surface area (Å²) in [6.45, 7) is 1.58. The van der Waals surface area contributed by atoms with Crippen molar-refractivity contribution in [2.45, 2.75) is 24.4 Å². The number of carbonyl (C=O) groups is 1. The van der Waals surface area contributed by atoms with Gasteiger partial charge in [-0.2, -0.15) is 11.8 Å². The average molecular weight is 216 g/mol. The third kappa shape index (κ3) is 1.53. The van der Waals surface area contributed by atoms with E-state index in [1.165, 1.54) is 0 Å². The molecule has 2 heterocycles. The maximum absolute atomic E-state index is 11.3. The molecule has 2 aliphatic heterocycles. The molecule has 2 atom stereocenters. The summed E-state index contributed by atoms with van der Waals surface area (Å²) in [7, 11) is 0. The van der Waals surface area contributed by atoms with Crippen molar-refractivity contribution in [3.63, 3.8) is 0 Å². The molecule has 0 aliphatic carbocycles. The zero-order valence-corrected chi connectivity index (χ0v) is 8.92. The summed E-state index contributed by atoms with van der Waals surface area (Å²) in [4.78, 5) is 13.4. The van der Waals surface area contributed by atoms with Crippen LogP contribution < -0.4 is 5.73 Å². The fraction of sp³-hybridized carbons (Fsp3) is 0.889. The van der Waals surface area contributed by atoms with Gasteiger partial charge in [0.25, 0.3) is 0 Å². The highest BCUT2D eigenvalue weighted by atomic mass is 32.2. The van der Waals surface area contributed by atoms with E-state index in [1.54, 1.807) is 11.8 Å². The number of aliphatic carboxylic acids is 1. The Hall–Kier alpha value is -0.260. The van der Waals surface area contributed by atoms with E-state index in [-0.39, 0.29) is 6.04 Å². The highest BCUT2D eigenvalue weighted by Crippen LogP contribution is 2.35. The van der Waals surface area contributed by atoms with E-state index in [2.05, 4.69) is 4.90 Å². The zero-order valence-electron chi connectivity index (χ0n) is 8.11. The van der Waals surface area contributed by atoms with E-state index in [1.807, 2.05) is 0 Å². The third-order valence-electron chi connectivity index (χ3n) is 3.23. The van der Waals surface area contributed by atoms with Crippen LogP contribution in [0.1, 0.15) is 12.8 Å². The minimum atomic E-state index is -0.670. The molecule has 0 bridgehead atoms. The van der Waals surface area contributed by atoms with Crippen LogP contribution in [0.15, 0.2) is 0 Å². The van der Waals surface area contributed by atoms with Gasteiger partial charge in [-0.3, -0.25) is 9.69 Å². The molecule has 2 saturated heterocycles. The lowest BCUT2D eigenvalue weighted by molar-refractivity contribution is -0.149. The zero-order chi connectivity index (χ0) is 10.2. The Kier molecular flexibility index (Phi) is 2.72. The molecule has 2 aliphatic rings. The minimum absolute atomic E-state index is 0.164. The number of hydrogen-bond donors (Lipinski definition) is 2. The quantitative estimate of drug-likeness (QED) is 0.679. The van der Waals surface area contributed by atoms with Crippen molar-refractivity contribution in [1.82, 2.24) is 4.90 Å². The van der Waals surface area contributed by atoms with Crippen LogP contribution in [0.3, 0.4) is 0 Å².